The van der Waals surface area contributed by atoms with Gasteiger partial charge in [-0.05, 0) is 48.9 Å². The Kier molecular flexibility index (Phi) is 5.91. The Morgan fingerprint density at radius 2 is 1.73 bits per heavy atom. The molecule has 0 radical (unpaired) electrons. The van der Waals surface area contributed by atoms with Crippen LogP contribution >= 0.6 is 11.6 Å². The first-order valence-corrected chi connectivity index (χ1v) is 9.77. The molecule has 1 atom stereocenters. The molecular formula is C20H18ClNO3S. The van der Waals surface area contributed by atoms with Gasteiger partial charge in [-0.3, -0.25) is 9.00 Å². The van der Waals surface area contributed by atoms with E-state index in [9.17, 15) is 9.00 Å². The summed E-state index contributed by atoms with van der Waals surface area (Å²) in [5.74, 6) is 0.635. The van der Waals surface area contributed by atoms with Gasteiger partial charge in [0.1, 0.15) is 5.76 Å². The van der Waals surface area contributed by atoms with Crippen molar-refractivity contribution in [3.63, 3.8) is 0 Å². The number of hydrogen-bond donors (Lipinski definition) is 1. The van der Waals surface area contributed by atoms with Crippen LogP contribution in [0, 0.1) is 6.92 Å². The molecule has 1 heterocycles. The second-order valence-corrected chi connectivity index (χ2v) is 7.77. The molecule has 0 saturated heterocycles. The minimum Gasteiger partial charge on any atom is -0.455 e. The Bertz CT molecular complexity index is 917. The molecule has 1 aromatic heterocycles. The monoisotopic (exact) mass is 387 g/mol. The van der Waals surface area contributed by atoms with Gasteiger partial charge in [-0.25, -0.2) is 0 Å². The van der Waals surface area contributed by atoms with Crippen LogP contribution in [0.15, 0.2) is 70.0 Å². The summed E-state index contributed by atoms with van der Waals surface area (Å²) in [5, 5.41) is 3.44. The number of rotatable bonds is 6. The van der Waals surface area contributed by atoms with Gasteiger partial charge in [-0.2, -0.15) is 0 Å². The van der Waals surface area contributed by atoms with Crippen molar-refractivity contribution in [1.29, 1.82) is 0 Å². The number of hydrogen-bond acceptors (Lipinski definition) is 3. The second-order valence-electron chi connectivity index (χ2n) is 5.88. The van der Waals surface area contributed by atoms with Crippen LogP contribution in [0.25, 0.3) is 0 Å². The van der Waals surface area contributed by atoms with Crippen molar-refractivity contribution >= 4 is 28.3 Å². The lowest BCUT2D eigenvalue weighted by Gasteiger charge is -2.04. The van der Waals surface area contributed by atoms with E-state index in [1.54, 1.807) is 24.3 Å². The Hall–Kier alpha value is -2.37. The highest BCUT2D eigenvalue weighted by Crippen LogP contribution is 2.16. The number of aryl methyl sites for hydroxylation is 1. The van der Waals surface area contributed by atoms with Crippen molar-refractivity contribution in [1.82, 2.24) is 5.32 Å². The summed E-state index contributed by atoms with van der Waals surface area (Å²) < 4.78 is 17.9. The third-order valence-corrected chi connectivity index (χ3v) is 5.41. The van der Waals surface area contributed by atoms with Crippen LogP contribution in [-0.2, 0) is 23.1 Å². The van der Waals surface area contributed by atoms with Gasteiger partial charge in [-0.1, -0.05) is 41.4 Å². The first-order valence-electron chi connectivity index (χ1n) is 8.07. The van der Waals surface area contributed by atoms with Crippen LogP contribution in [0.1, 0.15) is 27.4 Å². The van der Waals surface area contributed by atoms with E-state index in [0.29, 0.717) is 17.3 Å². The van der Waals surface area contributed by atoms with Gasteiger partial charge in [0.05, 0.1) is 16.6 Å². The van der Waals surface area contributed by atoms with Crippen molar-refractivity contribution in [2.75, 3.05) is 0 Å². The van der Waals surface area contributed by atoms with Crippen molar-refractivity contribution in [3.8, 4) is 0 Å². The summed E-state index contributed by atoms with van der Waals surface area (Å²) in [6.07, 6.45) is 0. The third-order valence-electron chi connectivity index (χ3n) is 3.81. The average molecular weight is 388 g/mol. The molecule has 1 N–H and O–H groups in total. The van der Waals surface area contributed by atoms with Crippen molar-refractivity contribution in [2.45, 2.75) is 24.1 Å². The number of benzene rings is 2. The summed E-state index contributed by atoms with van der Waals surface area (Å²) >= 11 is 5.84. The molecule has 0 bridgehead atoms. The topological polar surface area (TPSA) is 59.3 Å². The van der Waals surface area contributed by atoms with E-state index in [-0.39, 0.29) is 17.4 Å². The van der Waals surface area contributed by atoms with Crippen LogP contribution in [0.4, 0.5) is 0 Å². The fourth-order valence-corrected chi connectivity index (χ4v) is 3.50. The lowest BCUT2D eigenvalue weighted by Crippen LogP contribution is -2.22. The van der Waals surface area contributed by atoms with E-state index in [2.05, 4.69) is 5.32 Å². The van der Waals surface area contributed by atoms with E-state index in [1.807, 2.05) is 43.3 Å². The predicted molar refractivity (Wildman–Crippen MR) is 103 cm³/mol. The molecular weight excluding hydrogens is 370 g/mol. The molecule has 0 fully saturated rings. The van der Waals surface area contributed by atoms with Gasteiger partial charge in [-0.15, -0.1) is 0 Å². The van der Waals surface area contributed by atoms with Gasteiger partial charge in [0.15, 0.2) is 5.76 Å². The van der Waals surface area contributed by atoms with E-state index >= 15 is 0 Å². The molecule has 134 valence electrons. The van der Waals surface area contributed by atoms with Gasteiger partial charge < -0.3 is 9.73 Å². The zero-order valence-electron chi connectivity index (χ0n) is 14.2. The standard InChI is InChI=1S/C20H18ClNO3S/c1-14-2-9-18(10-3-14)26(24)13-17-8-11-19(25-17)20(23)22-12-15-4-6-16(21)7-5-15/h2-11H,12-13H2,1H3,(H,22,23)/t26-/m1/s1. The smallest absolute Gasteiger partial charge is 0.287 e. The fourth-order valence-electron chi connectivity index (χ4n) is 2.35. The van der Waals surface area contributed by atoms with Crippen molar-refractivity contribution < 1.29 is 13.4 Å². The molecule has 0 aliphatic rings. The summed E-state index contributed by atoms with van der Waals surface area (Å²) in [6.45, 7) is 2.36. The molecule has 4 nitrogen and oxygen atoms in total. The van der Waals surface area contributed by atoms with Crippen LogP contribution in [0.3, 0.4) is 0 Å². The number of carbonyl (C=O) groups excluding carboxylic acids is 1. The summed E-state index contributed by atoms with van der Waals surface area (Å²) in [6, 6.07) is 18.0. The van der Waals surface area contributed by atoms with Gasteiger partial charge in [0.2, 0.25) is 0 Å². The molecule has 1 amide bonds. The number of halogens is 1. The molecule has 0 saturated carbocycles. The number of furan rings is 1. The van der Waals surface area contributed by atoms with Crippen molar-refractivity contribution in [3.05, 3.63) is 88.3 Å². The number of carbonyl (C=O) groups is 1. The highest BCUT2D eigenvalue weighted by molar-refractivity contribution is 7.84. The Balaban J connectivity index is 1.58. The molecule has 3 rings (SSSR count). The van der Waals surface area contributed by atoms with E-state index < -0.39 is 10.8 Å². The third kappa shape index (κ3) is 4.84. The maximum Gasteiger partial charge on any atom is 0.287 e. The normalized spacial score (nSPS) is 11.9. The largest absolute Gasteiger partial charge is 0.455 e. The Morgan fingerprint density at radius 3 is 2.42 bits per heavy atom. The molecule has 0 aliphatic heterocycles. The fraction of sp³-hybridized carbons (Fsp3) is 0.150. The van der Waals surface area contributed by atoms with Gasteiger partial charge >= 0.3 is 0 Å². The highest BCUT2D eigenvalue weighted by Gasteiger charge is 2.13. The Labute approximate surface area is 159 Å². The SMILES string of the molecule is Cc1ccc([S@](=O)Cc2ccc(C(=O)NCc3ccc(Cl)cc3)o2)cc1. The molecule has 3 aromatic rings. The Morgan fingerprint density at radius 1 is 1.04 bits per heavy atom. The molecule has 0 unspecified atom stereocenters. The maximum atomic E-state index is 12.4. The molecule has 6 heteroatoms. The quantitative estimate of drug-likeness (QED) is 0.678. The lowest BCUT2D eigenvalue weighted by molar-refractivity contribution is 0.0921. The lowest BCUT2D eigenvalue weighted by atomic mass is 10.2. The zero-order chi connectivity index (χ0) is 18.5. The predicted octanol–water partition coefficient (Wildman–Crippen LogP) is 4.48. The molecule has 0 spiro atoms. The maximum absolute atomic E-state index is 12.4. The van der Waals surface area contributed by atoms with Crippen LogP contribution in [-0.4, -0.2) is 10.1 Å². The van der Waals surface area contributed by atoms with E-state index in [0.717, 1.165) is 16.0 Å². The average Bonchev–Trinajstić information content (AvgIpc) is 3.10. The van der Waals surface area contributed by atoms with Crippen LogP contribution in [0.5, 0.6) is 0 Å². The number of nitrogens with one attached hydrogen (secondary N) is 1. The van der Waals surface area contributed by atoms with E-state index in [1.165, 1.54) is 0 Å². The minimum atomic E-state index is -1.22. The highest BCUT2D eigenvalue weighted by atomic mass is 35.5. The molecule has 26 heavy (non-hydrogen) atoms. The minimum absolute atomic E-state index is 0.204. The zero-order valence-corrected chi connectivity index (χ0v) is 15.8. The summed E-state index contributed by atoms with van der Waals surface area (Å²) in [4.78, 5) is 12.9. The first-order chi connectivity index (χ1) is 12.5. The second kappa shape index (κ2) is 8.34. The number of amides is 1. The van der Waals surface area contributed by atoms with E-state index in [4.69, 9.17) is 16.0 Å². The first kappa shape index (κ1) is 18.4. The van der Waals surface area contributed by atoms with Crippen molar-refractivity contribution in [2.24, 2.45) is 0 Å². The van der Waals surface area contributed by atoms with Crippen LogP contribution in [0.2, 0.25) is 5.02 Å². The molecule has 0 aliphatic carbocycles. The van der Waals surface area contributed by atoms with Gasteiger partial charge in [0, 0.05) is 16.5 Å². The van der Waals surface area contributed by atoms with Gasteiger partial charge in [0.25, 0.3) is 5.91 Å². The summed E-state index contributed by atoms with van der Waals surface area (Å²) in [5.41, 5.74) is 2.05. The molecule has 2 aromatic carbocycles. The van der Waals surface area contributed by atoms with Crippen LogP contribution < -0.4 is 5.32 Å². The summed E-state index contributed by atoms with van der Waals surface area (Å²) in [7, 11) is -1.22.